The van der Waals surface area contributed by atoms with Crippen molar-refractivity contribution in [2.45, 2.75) is 12.6 Å². The molecule has 0 radical (unpaired) electrons. The highest BCUT2D eigenvalue weighted by Crippen LogP contribution is 2.32. The molecule has 21 heavy (non-hydrogen) atoms. The molecule has 2 aromatic rings. The Bertz CT molecular complexity index is 629. The normalized spacial score (nSPS) is 11.4. The van der Waals surface area contributed by atoms with E-state index < -0.39 is 22.5 Å². The van der Waals surface area contributed by atoms with E-state index in [1.54, 1.807) is 0 Å². The zero-order valence-corrected chi connectivity index (χ0v) is 10.3. The molecule has 8 nitrogen and oxygen atoms in total. The van der Waals surface area contributed by atoms with Gasteiger partial charge in [-0.2, -0.15) is 18.2 Å². The summed E-state index contributed by atoms with van der Waals surface area (Å²) in [6.45, 7) is 0.0876. The fourth-order valence-corrected chi connectivity index (χ4v) is 1.50. The summed E-state index contributed by atoms with van der Waals surface area (Å²) < 4.78 is 42.4. The summed E-state index contributed by atoms with van der Waals surface area (Å²) in [4.78, 5) is 16.7. The molecule has 0 atom stereocenters. The van der Waals surface area contributed by atoms with Crippen LogP contribution in [0.5, 0.6) is 0 Å². The predicted octanol–water partition coefficient (Wildman–Crippen LogP) is 2.05. The van der Waals surface area contributed by atoms with Crippen molar-refractivity contribution in [2.24, 2.45) is 0 Å². The van der Waals surface area contributed by atoms with Gasteiger partial charge >= 0.3 is 11.9 Å². The molecule has 0 fully saturated rings. The zero-order valence-electron chi connectivity index (χ0n) is 10.3. The van der Waals surface area contributed by atoms with Crippen molar-refractivity contribution in [1.82, 2.24) is 15.1 Å². The van der Waals surface area contributed by atoms with Gasteiger partial charge in [0, 0.05) is 13.0 Å². The van der Waals surface area contributed by atoms with Gasteiger partial charge in [-0.25, -0.2) is 4.98 Å². The fourth-order valence-electron chi connectivity index (χ4n) is 1.50. The average molecular weight is 303 g/mol. The first-order chi connectivity index (χ1) is 9.88. The van der Waals surface area contributed by atoms with Crippen molar-refractivity contribution in [3.8, 4) is 0 Å². The number of pyridine rings is 1. The number of aromatic nitrogens is 3. The number of hydrogen-bond donors (Lipinski definition) is 1. The summed E-state index contributed by atoms with van der Waals surface area (Å²) in [5.74, 6) is 0.259. The van der Waals surface area contributed by atoms with Gasteiger partial charge in [0.25, 0.3) is 0 Å². The third kappa shape index (κ3) is 3.64. The number of nitro groups is 1. The maximum absolute atomic E-state index is 12.6. The van der Waals surface area contributed by atoms with Gasteiger partial charge in [0.05, 0.1) is 4.92 Å². The molecule has 1 N–H and O–H groups in total. The van der Waals surface area contributed by atoms with Gasteiger partial charge in [-0.15, -0.1) is 0 Å². The van der Waals surface area contributed by atoms with Crippen LogP contribution in [0.2, 0.25) is 0 Å². The van der Waals surface area contributed by atoms with Gasteiger partial charge in [0.1, 0.15) is 17.6 Å². The summed E-state index contributed by atoms with van der Waals surface area (Å²) in [6.07, 6.45) is -2.73. The van der Waals surface area contributed by atoms with Gasteiger partial charge in [0.2, 0.25) is 5.89 Å². The van der Waals surface area contributed by atoms with Crippen LogP contribution in [0, 0.1) is 10.1 Å². The van der Waals surface area contributed by atoms with Crippen molar-refractivity contribution in [2.75, 3.05) is 11.9 Å². The van der Waals surface area contributed by atoms with Crippen molar-refractivity contribution in [3.63, 3.8) is 0 Å². The van der Waals surface area contributed by atoms with Crippen molar-refractivity contribution in [1.29, 1.82) is 0 Å². The first-order valence-electron chi connectivity index (χ1n) is 5.59. The Morgan fingerprint density at radius 3 is 2.71 bits per heavy atom. The van der Waals surface area contributed by atoms with Crippen molar-refractivity contribution < 1.29 is 22.6 Å². The third-order valence-electron chi connectivity index (χ3n) is 2.43. The van der Waals surface area contributed by atoms with Crippen LogP contribution in [0.1, 0.15) is 11.6 Å². The molecular weight excluding hydrogens is 295 g/mol. The quantitative estimate of drug-likeness (QED) is 0.665. The van der Waals surface area contributed by atoms with E-state index in [1.807, 2.05) is 0 Å². The number of anilines is 1. The number of hydrogen-bond acceptors (Lipinski definition) is 7. The van der Waals surface area contributed by atoms with E-state index in [4.69, 9.17) is 4.52 Å². The Hall–Kier alpha value is -2.72. The lowest BCUT2D eigenvalue weighted by molar-refractivity contribution is -0.384. The molecule has 0 bridgehead atoms. The van der Waals surface area contributed by atoms with Crippen LogP contribution in [0.3, 0.4) is 0 Å². The Morgan fingerprint density at radius 1 is 1.38 bits per heavy atom. The molecule has 2 aromatic heterocycles. The van der Waals surface area contributed by atoms with Gasteiger partial charge in [-0.05, 0) is 6.07 Å². The molecule has 0 saturated heterocycles. The predicted molar refractivity (Wildman–Crippen MR) is 62.4 cm³/mol. The minimum atomic E-state index is -4.68. The van der Waals surface area contributed by atoms with Crippen LogP contribution < -0.4 is 5.32 Å². The Morgan fingerprint density at radius 2 is 2.14 bits per heavy atom. The maximum Gasteiger partial charge on any atom is 0.433 e. The van der Waals surface area contributed by atoms with E-state index in [2.05, 4.69) is 20.4 Å². The van der Waals surface area contributed by atoms with E-state index in [-0.39, 0.29) is 24.5 Å². The van der Waals surface area contributed by atoms with Crippen LogP contribution in [-0.4, -0.2) is 26.6 Å². The summed E-state index contributed by atoms with van der Waals surface area (Å²) >= 11 is 0. The molecule has 0 saturated carbocycles. The Balaban J connectivity index is 2.16. The lowest BCUT2D eigenvalue weighted by Gasteiger charge is -2.09. The van der Waals surface area contributed by atoms with E-state index in [9.17, 15) is 23.3 Å². The number of alkyl halides is 3. The molecule has 2 rings (SSSR count). The standard InChI is InChI=1S/C10H8F3N5O3/c11-10(12,13)8-3-6(7(4-15-8)18(19)20)14-2-1-9-16-5-17-21-9/h3-5H,1-2H2,(H,14,15). The second-order valence-electron chi connectivity index (χ2n) is 3.85. The largest absolute Gasteiger partial charge is 0.433 e. The molecule has 0 aromatic carbocycles. The highest BCUT2D eigenvalue weighted by molar-refractivity contribution is 5.61. The van der Waals surface area contributed by atoms with Crippen LogP contribution >= 0.6 is 0 Å². The first-order valence-corrected chi connectivity index (χ1v) is 5.59. The number of nitrogens with one attached hydrogen (secondary N) is 1. The second-order valence-corrected chi connectivity index (χ2v) is 3.85. The molecular formula is C10H8F3N5O3. The number of nitrogens with zero attached hydrogens (tertiary/aromatic N) is 4. The van der Waals surface area contributed by atoms with Gasteiger partial charge in [0.15, 0.2) is 6.33 Å². The lowest BCUT2D eigenvalue weighted by atomic mass is 10.2. The smallest absolute Gasteiger partial charge is 0.379 e. The van der Waals surface area contributed by atoms with Gasteiger partial charge in [-0.1, -0.05) is 5.16 Å². The van der Waals surface area contributed by atoms with Gasteiger partial charge < -0.3 is 9.84 Å². The van der Waals surface area contributed by atoms with E-state index in [0.717, 1.165) is 0 Å². The SMILES string of the molecule is O=[N+]([O-])c1cnc(C(F)(F)F)cc1NCCc1ncno1. The molecule has 11 heteroatoms. The number of halogens is 3. The Labute approximate surface area is 115 Å². The Kier molecular flexibility index (Phi) is 4.00. The van der Waals surface area contributed by atoms with Crippen LogP contribution in [0.4, 0.5) is 24.5 Å². The minimum absolute atomic E-state index is 0.0876. The molecule has 112 valence electrons. The summed E-state index contributed by atoms with van der Waals surface area (Å²) in [7, 11) is 0. The zero-order chi connectivity index (χ0) is 15.5. The van der Waals surface area contributed by atoms with E-state index >= 15 is 0 Å². The third-order valence-corrected chi connectivity index (χ3v) is 2.43. The number of rotatable bonds is 5. The van der Waals surface area contributed by atoms with Crippen molar-refractivity contribution in [3.05, 3.63) is 40.3 Å². The highest BCUT2D eigenvalue weighted by atomic mass is 19.4. The molecule has 0 unspecified atom stereocenters. The van der Waals surface area contributed by atoms with Crippen molar-refractivity contribution >= 4 is 11.4 Å². The van der Waals surface area contributed by atoms with Crippen LogP contribution in [0.15, 0.2) is 23.1 Å². The molecule has 0 amide bonds. The monoisotopic (exact) mass is 303 g/mol. The summed E-state index contributed by atoms with van der Waals surface area (Å²) in [5.41, 5.74) is -2.04. The van der Waals surface area contributed by atoms with E-state index in [0.29, 0.717) is 12.3 Å². The lowest BCUT2D eigenvalue weighted by Crippen LogP contribution is -2.12. The van der Waals surface area contributed by atoms with E-state index in [1.165, 1.54) is 6.33 Å². The minimum Gasteiger partial charge on any atom is -0.379 e. The molecule has 0 aliphatic rings. The second kappa shape index (κ2) is 5.73. The topological polar surface area (TPSA) is 107 Å². The summed E-state index contributed by atoms with van der Waals surface area (Å²) in [6, 6.07) is 0.589. The van der Waals surface area contributed by atoms with Crippen LogP contribution in [-0.2, 0) is 12.6 Å². The molecule has 0 spiro atoms. The fraction of sp³-hybridized carbons (Fsp3) is 0.300. The molecule has 2 heterocycles. The highest BCUT2D eigenvalue weighted by Gasteiger charge is 2.34. The average Bonchev–Trinajstić information content (AvgIpc) is 2.90. The maximum atomic E-state index is 12.6. The van der Waals surface area contributed by atoms with Crippen LogP contribution in [0.25, 0.3) is 0 Å². The molecule has 0 aliphatic carbocycles. The summed E-state index contributed by atoms with van der Waals surface area (Å²) in [5, 5.41) is 16.7. The molecule has 0 aliphatic heterocycles. The first kappa shape index (κ1) is 14.7. The van der Waals surface area contributed by atoms with Gasteiger partial charge in [-0.3, -0.25) is 10.1 Å².